The molecular weight excluding hydrogens is 264 g/mol. The van der Waals surface area contributed by atoms with E-state index in [1.807, 2.05) is 0 Å². The summed E-state index contributed by atoms with van der Waals surface area (Å²) in [6.07, 6.45) is 3.47. The van der Waals surface area contributed by atoms with Crippen molar-refractivity contribution in [1.82, 2.24) is 0 Å². The van der Waals surface area contributed by atoms with Crippen molar-refractivity contribution in [3.63, 3.8) is 0 Å². The first kappa shape index (κ1) is 17.4. The summed E-state index contributed by atoms with van der Waals surface area (Å²) in [5.74, 6) is 0. The van der Waals surface area contributed by atoms with Crippen LogP contribution in [0.15, 0.2) is 30.3 Å². The molecule has 1 unspecified atom stereocenters. The summed E-state index contributed by atoms with van der Waals surface area (Å²) in [4.78, 5) is 0. The molecule has 20 heavy (non-hydrogen) atoms. The lowest BCUT2D eigenvalue weighted by molar-refractivity contribution is 0.109. The van der Waals surface area contributed by atoms with Crippen LogP contribution in [-0.2, 0) is 8.85 Å². The molecule has 0 saturated carbocycles. The lowest BCUT2D eigenvalue weighted by atomic mass is 10.1. The van der Waals surface area contributed by atoms with Gasteiger partial charge in [0.25, 0.3) is 0 Å². The van der Waals surface area contributed by atoms with E-state index in [1.54, 1.807) is 0 Å². The molecule has 0 radical (unpaired) electrons. The monoisotopic (exact) mass is 294 g/mol. The van der Waals surface area contributed by atoms with Crippen LogP contribution in [0, 0.1) is 0 Å². The van der Waals surface area contributed by atoms with Crippen molar-refractivity contribution in [3.05, 3.63) is 35.9 Å². The maximum absolute atomic E-state index is 6.54. The largest absolute Gasteiger partial charge is 0.394 e. The number of benzene rings is 1. The van der Waals surface area contributed by atoms with Gasteiger partial charge >= 0.3 is 8.56 Å². The van der Waals surface area contributed by atoms with E-state index in [4.69, 9.17) is 8.85 Å². The molecule has 0 N–H and O–H groups in total. The summed E-state index contributed by atoms with van der Waals surface area (Å²) in [6, 6.07) is 12.6. The van der Waals surface area contributed by atoms with Gasteiger partial charge in [-0.05, 0) is 30.5 Å². The average Bonchev–Trinajstić information content (AvgIpc) is 2.52. The van der Waals surface area contributed by atoms with Crippen LogP contribution < -0.4 is 0 Å². The molecule has 1 atom stereocenters. The molecule has 114 valence electrons. The van der Waals surface area contributed by atoms with Crippen LogP contribution in [0.3, 0.4) is 0 Å². The Bertz CT molecular complexity index is 349. The van der Waals surface area contributed by atoms with Gasteiger partial charge in [-0.15, -0.1) is 0 Å². The van der Waals surface area contributed by atoms with E-state index >= 15 is 0 Å². The highest BCUT2D eigenvalue weighted by atomic mass is 28.4. The predicted octanol–water partition coefficient (Wildman–Crippen LogP) is 5.45. The maximum atomic E-state index is 6.54. The molecular formula is C17H30O2Si. The van der Waals surface area contributed by atoms with E-state index in [9.17, 15) is 0 Å². The fourth-order valence-electron chi connectivity index (χ4n) is 2.37. The van der Waals surface area contributed by atoms with Crippen molar-refractivity contribution in [2.75, 3.05) is 6.61 Å². The van der Waals surface area contributed by atoms with E-state index in [1.165, 1.54) is 12.0 Å². The van der Waals surface area contributed by atoms with Gasteiger partial charge in [-0.25, -0.2) is 0 Å². The van der Waals surface area contributed by atoms with Crippen LogP contribution in [0.4, 0.5) is 0 Å². The molecule has 2 nitrogen and oxygen atoms in total. The Morgan fingerprint density at radius 3 is 2.15 bits per heavy atom. The third-order valence-corrected chi connectivity index (χ3v) is 7.44. The second-order valence-corrected chi connectivity index (χ2v) is 9.01. The zero-order valence-corrected chi connectivity index (χ0v) is 14.5. The minimum absolute atomic E-state index is 0.171. The maximum Gasteiger partial charge on any atom is 0.338 e. The predicted molar refractivity (Wildman–Crippen MR) is 88.1 cm³/mol. The standard InChI is InChI=1S/C17H30O2Si/c1-5-9-15-18-20(7-3,8-4)19-17(6-2)16-13-11-10-12-14-16/h10-14,17H,5-9,15H2,1-4H3. The molecule has 0 spiro atoms. The van der Waals surface area contributed by atoms with Gasteiger partial charge in [-0.1, -0.05) is 64.4 Å². The van der Waals surface area contributed by atoms with Crippen LogP contribution in [0.2, 0.25) is 12.1 Å². The summed E-state index contributed by atoms with van der Waals surface area (Å²) >= 11 is 0. The van der Waals surface area contributed by atoms with Gasteiger partial charge in [0.15, 0.2) is 0 Å². The number of unbranched alkanes of at least 4 members (excludes halogenated alkanes) is 1. The average molecular weight is 295 g/mol. The zero-order valence-electron chi connectivity index (χ0n) is 13.5. The molecule has 0 aromatic heterocycles. The lowest BCUT2D eigenvalue weighted by Gasteiger charge is -2.33. The van der Waals surface area contributed by atoms with Crippen molar-refractivity contribution in [2.45, 2.75) is 65.1 Å². The van der Waals surface area contributed by atoms with Crippen molar-refractivity contribution in [2.24, 2.45) is 0 Å². The first-order chi connectivity index (χ1) is 9.71. The van der Waals surface area contributed by atoms with E-state index in [-0.39, 0.29) is 6.10 Å². The van der Waals surface area contributed by atoms with Crippen molar-refractivity contribution < 1.29 is 8.85 Å². The summed E-state index contributed by atoms with van der Waals surface area (Å²) in [5, 5.41) is 0. The molecule has 0 amide bonds. The summed E-state index contributed by atoms with van der Waals surface area (Å²) in [6.45, 7) is 9.65. The van der Waals surface area contributed by atoms with Crippen LogP contribution in [0.1, 0.15) is 58.6 Å². The molecule has 0 aliphatic rings. The summed E-state index contributed by atoms with van der Waals surface area (Å²) in [7, 11) is -2.05. The SMILES string of the molecule is CCCCO[Si](CC)(CC)OC(CC)c1ccccc1. The normalized spacial score (nSPS) is 13.4. The quantitative estimate of drug-likeness (QED) is 0.422. The second-order valence-electron chi connectivity index (χ2n) is 5.25. The van der Waals surface area contributed by atoms with Gasteiger partial charge in [0.2, 0.25) is 0 Å². The summed E-state index contributed by atoms with van der Waals surface area (Å²) in [5.41, 5.74) is 1.27. The highest BCUT2D eigenvalue weighted by Crippen LogP contribution is 2.30. The van der Waals surface area contributed by atoms with Crippen molar-refractivity contribution in [3.8, 4) is 0 Å². The Morgan fingerprint density at radius 2 is 1.65 bits per heavy atom. The van der Waals surface area contributed by atoms with E-state index in [0.717, 1.165) is 31.5 Å². The van der Waals surface area contributed by atoms with Gasteiger partial charge in [-0.2, -0.15) is 0 Å². The van der Waals surface area contributed by atoms with Crippen molar-refractivity contribution >= 4 is 8.56 Å². The van der Waals surface area contributed by atoms with Crippen LogP contribution >= 0.6 is 0 Å². The first-order valence-electron chi connectivity index (χ1n) is 8.08. The molecule has 1 rings (SSSR count). The molecule has 0 saturated heterocycles. The number of hydrogen-bond donors (Lipinski definition) is 0. The first-order valence-corrected chi connectivity index (χ1v) is 10.3. The fourth-order valence-corrected chi connectivity index (χ4v) is 5.02. The third kappa shape index (κ3) is 5.04. The molecule has 1 aromatic rings. The zero-order chi connectivity index (χ0) is 14.8. The fraction of sp³-hybridized carbons (Fsp3) is 0.647. The van der Waals surface area contributed by atoms with Crippen LogP contribution in [0.25, 0.3) is 0 Å². The molecule has 3 heteroatoms. The minimum atomic E-state index is -2.05. The van der Waals surface area contributed by atoms with Crippen LogP contribution in [0.5, 0.6) is 0 Å². The van der Waals surface area contributed by atoms with Gasteiger partial charge in [0.1, 0.15) is 0 Å². The van der Waals surface area contributed by atoms with Crippen molar-refractivity contribution in [1.29, 1.82) is 0 Å². The third-order valence-electron chi connectivity index (χ3n) is 3.84. The molecule has 1 aromatic carbocycles. The number of hydrogen-bond acceptors (Lipinski definition) is 2. The topological polar surface area (TPSA) is 18.5 Å². The van der Waals surface area contributed by atoms with E-state index in [0.29, 0.717) is 0 Å². The Hall–Kier alpha value is -0.643. The summed E-state index contributed by atoms with van der Waals surface area (Å²) < 4.78 is 12.8. The van der Waals surface area contributed by atoms with Crippen LogP contribution in [-0.4, -0.2) is 15.2 Å². The number of rotatable bonds is 10. The Morgan fingerprint density at radius 1 is 1.00 bits per heavy atom. The molecule has 0 bridgehead atoms. The van der Waals surface area contributed by atoms with Gasteiger partial charge in [-0.3, -0.25) is 0 Å². The highest BCUT2D eigenvalue weighted by molar-refractivity contribution is 6.67. The smallest absolute Gasteiger partial charge is 0.338 e. The molecule has 0 fully saturated rings. The Balaban J connectivity index is 2.76. The second kappa shape index (κ2) is 9.32. The molecule has 0 aliphatic carbocycles. The molecule has 0 aliphatic heterocycles. The Labute approximate surface area is 125 Å². The van der Waals surface area contributed by atoms with E-state index < -0.39 is 8.56 Å². The van der Waals surface area contributed by atoms with Gasteiger partial charge < -0.3 is 8.85 Å². The molecule has 0 heterocycles. The minimum Gasteiger partial charge on any atom is -0.394 e. The van der Waals surface area contributed by atoms with E-state index in [2.05, 4.69) is 58.0 Å². The Kier molecular flexibility index (Phi) is 8.11. The highest BCUT2D eigenvalue weighted by Gasteiger charge is 2.36. The van der Waals surface area contributed by atoms with Gasteiger partial charge in [0, 0.05) is 6.61 Å². The van der Waals surface area contributed by atoms with Gasteiger partial charge in [0.05, 0.1) is 6.10 Å². The lowest BCUT2D eigenvalue weighted by Crippen LogP contribution is -2.42.